The fraction of sp³-hybridized carbons (Fsp3) is 0.417. The molecule has 0 aliphatic rings. The Kier molecular flexibility index (Phi) is 4.17. The van der Waals surface area contributed by atoms with Gasteiger partial charge in [-0.25, -0.2) is 8.78 Å². The van der Waals surface area contributed by atoms with Crippen molar-refractivity contribution in [3.63, 3.8) is 0 Å². The highest BCUT2D eigenvalue weighted by molar-refractivity contribution is 5.95. The fourth-order valence-corrected chi connectivity index (χ4v) is 1.39. The molecule has 0 saturated carbocycles. The van der Waals surface area contributed by atoms with Gasteiger partial charge < -0.3 is 10.6 Å². The third-order valence-corrected chi connectivity index (χ3v) is 2.82. The number of amides is 1. The maximum absolute atomic E-state index is 13.7. The molecule has 94 valence electrons. The van der Waals surface area contributed by atoms with E-state index >= 15 is 0 Å². The zero-order valence-corrected chi connectivity index (χ0v) is 10.1. The molecule has 2 N–H and O–H groups in total. The predicted molar refractivity (Wildman–Crippen MR) is 61.7 cm³/mol. The van der Waals surface area contributed by atoms with E-state index in [1.54, 1.807) is 6.92 Å². The number of halogens is 2. The van der Waals surface area contributed by atoms with Crippen LogP contribution in [0.25, 0.3) is 0 Å². The van der Waals surface area contributed by atoms with E-state index in [9.17, 15) is 13.6 Å². The lowest BCUT2D eigenvalue weighted by Crippen LogP contribution is -2.40. The van der Waals surface area contributed by atoms with E-state index in [4.69, 9.17) is 5.73 Å². The van der Waals surface area contributed by atoms with Crippen molar-refractivity contribution in [3.8, 4) is 0 Å². The number of hydrogen-bond acceptors (Lipinski definition) is 2. The fourth-order valence-electron chi connectivity index (χ4n) is 1.39. The van der Waals surface area contributed by atoms with Crippen LogP contribution in [0.4, 0.5) is 8.78 Å². The third-order valence-electron chi connectivity index (χ3n) is 2.82. The Balaban J connectivity index is 3.17. The normalized spacial score (nSPS) is 12.4. The van der Waals surface area contributed by atoms with Crippen molar-refractivity contribution in [1.82, 2.24) is 4.90 Å². The highest BCUT2D eigenvalue weighted by Crippen LogP contribution is 2.18. The van der Waals surface area contributed by atoms with Crippen molar-refractivity contribution < 1.29 is 13.6 Å². The van der Waals surface area contributed by atoms with Crippen LogP contribution in [0.15, 0.2) is 12.1 Å². The SMILES string of the molecule is Cc1ccc(F)c(C(=O)N(C)C(C)CN)c1F. The maximum atomic E-state index is 13.7. The standard InChI is InChI=1S/C12H16F2N2O/c1-7-4-5-9(13)10(11(7)14)12(17)16(3)8(2)6-15/h4-5,8H,6,15H2,1-3H3. The first kappa shape index (κ1) is 13.6. The molecule has 0 saturated heterocycles. The van der Waals surface area contributed by atoms with Crippen LogP contribution in [0.1, 0.15) is 22.8 Å². The summed E-state index contributed by atoms with van der Waals surface area (Å²) in [7, 11) is 1.47. The summed E-state index contributed by atoms with van der Waals surface area (Å²) in [6, 6.07) is 2.11. The van der Waals surface area contributed by atoms with Gasteiger partial charge in [0.25, 0.3) is 5.91 Å². The van der Waals surface area contributed by atoms with Crippen molar-refractivity contribution in [1.29, 1.82) is 0 Å². The van der Waals surface area contributed by atoms with Gasteiger partial charge in [0.15, 0.2) is 0 Å². The molecule has 1 atom stereocenters. The molecule has 0 aliphatic carbocycles. The molecule has 1 rings (SSSR count). The van der Waals surface area contributed by atoms with Crippen molar-refractivity contribution in [2.45, 2.75) is 19.9 Å². The number of carbonyl (C=O) groups is 1. The Labute approximate surface area is 99.2 Å². The number of nitrogens with zero attached hydrogens (tertiary/aromatic N) is 1. The molecular weight excluding hydrogens is 226 g/mol. The molecule has 1 aromatic carbocycles. The summed E-state index contributed by atoms with van der Waals surface area (Å²) in [4.78, 5) is 13.2. The lowest BCUT2D eigenvalue weighted by molar-refractivity contribution is 0.0738. The summed E-state index contributed by atoms with van der Waals surface area (Å²) in [6.45, 7) is 3.43. The largest absolute Gasteiger partial charge is 0.338 e. The quantitative estimate of drug-likeness (QED) is 0.876. The average Bonchev–Trinajstić information content (AvgIpc) is 2.32. The molecule has 0 heterocycles. The topological polar surface area (TPSA) is 46.3 Å². The number of carbonyl (C=O) groups excluding carboxylic acids is 1. The third kappa shape index (κ3) is 2.61. The molecule has 5 heteroatoms. The molecular formula is C12H16F2N2O. The van der Waals surface area contributed by atoms with E-state index in [0.717, 1.165) is 6.07 Å². The van der Waals surface area contributed by atoms with Crippen LogP contribution in [-0.4, -0.2) is 30.4 Å². The van der Waals surface area contributed by atoms with Crippen molar-refractivity contribution in [2.75, 3.05) is 13.6 Å². The minimum atomic E-state index is -0.853. The van der Waals surface area contributed by atoms with Gasteiger partial charge in [0.2, 0.25) is 0 Å². The molecule has 1 amide bonds. The second kappa shape index (κ2) is 5.23. The Morgan fingerprint density at radius 2 is 2.06 bits per heavy atom. The van der Waals surface area contributed by atoms with Gasteiger partial charge in [0, 0.05) is 19.6 Å². The van der Waals surface area contributed by atoms with E-state index in [-0.39, 0.29) is 18.2 Å². The molecule has 0 bridgehead atoms. The summed E-state index contributed by atoms with van der Waals surface area (Å²) in [5, 5.41) is 0. The molecule has 1 unspecified atom stereocenters. The van der Waals surface area contributed by atoms with E-state index in [0.29, 0.717) is 0 Å². The maximum Gasteiger partial charge on any atom is 0.259 e. The number of rotatable bonds is 3. The zero-order valence-electron chi connectivity index (χ0n) is 10.1. The number of nitrogens with two attached hydrogens (primary N) is 1. The Morgan fingerprint density at radius 1 is 1.47 bits per heavy atom. The average molecular weight is 242 g/mol. The second-order valence-electron chi connectivity index (χ2n) is 4.05. The number of hydrogen-bond donors (Lipinski definition) is 1. The van der Waals surface area contributed by atoms with E-state index in [1.165, 1.54) is 24.9 Å². The number of benzene rings is 1. The van der Waals surface area contributed by atoms with Gasteiger partial charge >= 0.3 is 0 Å². The molecule has 0 aromatic heterocycles. The molecule has 0 aliphatic heterocycles. The minimum Gasteiger partial charge on any atom is -0.338 e. The minimum absolute atomic E-state index is 0.233. The molecule has 0 fully saturated rings. The highest BCUT2D eigenvalue weighted by atomic mass is 19.1. The van der Waals surface area contributed by atoms with Crippen molar-refractivity contribution in [3.05, 3.63) is 34.9 Å². The Morgan fingerprint density at radius 3 is 2.59 bits per heavy atom. The monoisotopic (exact) mass is 242 g/mol. The highest BCUT2D eigenvalue weighted by Gasteiger charge is 2.24. The van der Waals surface area contributed by atoms with Crippen LogP contribution in [0.3, 0.4) is 0 Å². The lowest BCUT2D eigenvalue weighted by Gasteiger charge is -2.24. The predicted octanol–water partition coefficient (Wildman–Crippen LogP) is 1.69. The van der Waals surface area contributed by atoms with Gasteiger partial charge in [0.1, 0.15) is 17.2 Å². The summed E-state index contributed by atoms with van der Waals surface area (Å²) < 4.78 is 27.2. The van der Waals surface area contributed by atoms with Crippen LogP contribution < -0.4 is 5.73 Å². The number of aryl methyl sites for hydroxylation is 1. The van der Waals surface area contributed by atoms with Crippen LogP contribution in [0.5, 0.6) is 0 Å². The van der Waals surface area contributed by atoms with Crippen LogP contribution in [0.2, 0.25) is 0 Å². The van der Waals surface area contributed by atoms with Gasteiger partial charge in [-0.3, -0.25) is 4.79 Å². The van der Waals surface area contributed by atoms with E-state index in [1.807, 2.05) is 0 Å². The molecule has 1 aromatic rings. The zero-order chi connectivity index (χ0) is 13.2. The summed E-state index contributed by atoms with van der Waals surface area (Å²) in [5.41, 5.74) is 5.13. The summed E-state index contributed by atoms with van der Waals surface area (Å²) >= 11 is 0. The smallest absolute Gasteiger partial charge is 0.259 e. The second-order valence-corrected chi connectivity index (χ2v) is 4.05. The van der Waals surface area contributed by atoms with Crippen molar-refractivity contribution in [2.24, 2.45) is 5.73 Å². The van der Waals surface area contributed by atoms with Crippen LogP contribution in [0, 0.1) is 18.6 Å². The van der Waals surface area contributed by atoms with Crippen LogP contribution in [-0.2, 0) is 0 Å². The lowest BCUT2D eigenvalue weighted by atomic mass is 10.1. The number of likely N-dealkylation sites (N-methyl/N-ethyl adjacent to an activating group) is 1. The first-order chi connectivity index (χ1) is 7.90. The summed E-state index contributed by atoms with van der Waals surface area (Å²) in [6.07, 6.45) is 0. The van der Waals surface area contributed by atoms with Gasteiger partial charge in [-0.2, -0.15) is 0 Å². The van der Waals surface area contributed by atoms with Crippen molar-refractivity contribution >= 4 is 5.91 Å². The van der Waals surface area contributed by atoms with Crippen LogP contribution >= 0.6 is 0 Å². The van der Waals surface area contributed by atoms with E-state index in [2.05, 4.69) is 0 Å². The molecule has 0 radical (unpaired) electrons. The van der Waals surface area contributed by atoms with Gasteiger partial charge in [-0.1, -0.05) is 6.07 Å². The Bertz CT molecular complexity index is 435. The molecule has 17 heavy (non-hydrogen) atoms. The Hall–Kier alpha value is -1.49. The van der Waals surface area contributed by atoms with Gasteiger partial charge in [0.05, 0.1) is 0 Å². The molecule has 3 nitrogen and oxygen atoms in total. The molecule has 0 spiro atoms. The summed E-state index contributed by atoms with van der Waals surface area (Å²) in [5.74, 6) is -2.36. The van der Waals surface area contributed by atoms with E-state index < -0.39 is 23.1 Å². The first-order valence-electron chi connectivity index (χ1n) is 5.32. The van der Waals surface area contributed by atoms with Gasteiger partial charge in [-0.05, 0) is 25.5 Å². The first-order valence-corrected chi connectivity index (χ1v) is 5.32. The van der Waals surface area contributed by atoms with Gasteiger partial charge in [-0.15, -0.1) is 0 Å².